The van der Waals surface area contributed by atoms with Crippen molar-refractivity contribution in [2.45, 2.75) is 41.5 Å². The van der Waals surface area contributed by atoms with Gasteiger partial charge in [0.1, 0.15) is 5.65 Å². The van der Waals surface area contributed by atoms with Crippen LogP contribution in [0.15, 0.2) is 101 Å². The molecule has 0 aliphatic heterocycles. The molecule has 2 heterocycles. The summed E-state index contributed by atoms with van der Waals surface area (Å²) in [7, 11) is 0.522. The van der Waals surface area contributed by atoms with Crippen molar-refractivity contribution in [1.29, 1.82) is 0 Å². The van der Waals surface area contributed by atoms with Gasteiger partial charge in [0.25, 0.3) is 0 Å². The molecule has 0 spiro atoms. The van der Waals surface area contributed by atoms with Crippen molar-refractivity contribution in [1.82, 2.24) is 9.32 Å². The number of aromatic nitrogens is 2. The smallest absolute Gasteiger partial charge is 0.144 e. The van der Waals surface area contributed by atoms with Gasteiger partial charge in [0.2, 0.25) is 0 Å². The lowest BCUT2D eigenvalue weighted by molar-refractivity contribution is 1.11. The SMILES string of the molecule is C/C(N=P(c1ccccc1)(c1ccccc1)c1ccccc1)=C(\C)c1c(C)n(P)c2nc(C)c(C)c(C)c12. The Hall–Kier alpha value is -3.25. The van der Waals surface area contributed by atoms with Crippen molar-refractivity contribution in [2.75, 3.05) is 0 Å². The van der Waals surface area contributed by atoms with Gasteiger partial charge in [0.05, 0.1) is 7.05 Å². The van der Waals surface area contributed by atoms with Crippen LogP contribution in [0.25, 0.3) is 16.6 Å². The summed E-state index contributed by atoms with van der Waals surface area (Å²) in [4.78, 5) is 4.97. The van der Waals surface area contributed by atoms with Crippen molar-refractivity contribution in [3.05, 3.63) is 125 Å². The molecule has 5 heteroatoms. The van der Waals surface area contributed by atoms with Crippen LogP contribution >= 0.6 is 16.4 Å². The van der Waals surface area contributed by atoms with Crippen molar-refractivity contribution < 1.29 is 0 Å². The highest BCUT2D eigenvalue weighted by molar-refractivity contribution is 7.87. The van der Waals surface area contributed by atoms with E-state index < -0.39 is 7.05 Å². The third kappa shape index (κ3) is 4.29. The first-order valence-corrected chi connectivity index (χ1v) is 15.2. The highest BCUT2D eigenvalue weighted by Gasteiger charge is 2.28. The van der Waals surface area contributed by atoms with Gasteiger partial charge < -0.3 is 4.34 Å². The molecule has 0 bridgehead atoms. The Morgan fingerprint density at radius 3 is 1.61 bits per heavy atom. The predicted molar refractivity (Wildman–Crippen MR) is 170 cm³/mol. The molecule has 1 atom stereocenters. The molecular formula is C33H35N3P2. The molecule has 5 aromatic rings. The first-order chi connectivity index (χ1) is 18.3. The van der Waals surface area contributed by atoms with E-state index in [9.17, 15) is 0 Å². The summed E-state index contributed by atoms with van der Waals surface area (Å²) >= 11 is 0. The van der Waals surface area contributed by atoms with Crippen LogP contribution in [0.5, 0.6) is 0 Å². The number of allylic oxidation sites excluding steroid dienone is 2. The minimum atomic E-state index is -2.34. The fourth-order valence-electron chi connectivity index (χ4n) is 5.35. The highest BCUT2D eigenvalue weighted by atomic mass is 31.2. The maximum atomic E-state index is 5.78. The van der Waals surface area contributed by atoms with E-state index in [1.807, 2.05) is 0 Å². The Kier molecular flexibility index (Phi) is 7.28. The van der Waals surface area contributed by atoms with E-state index in [0.717, 1.165) is 17.0 Å². The zero-order chi connectivity index (χ0) is 27.0. The van der Waals surface area contributed by atoms with Crippen LogP contribution in [0.2, 0.25) is 0 Å². The maximum Gasteiger partial charge on any atom is 0.144 e. The second kappa shape index (κ2) is 10.5. The van der Waals surface area contributed by atoms with E-state index >= 15 is 0 Å². The van der Waals surface area contributed by atoms with Gasteiger partial charge in [-0.2, -0.15) is 0 Å². The summed E-state index contributed by atoms with van der Waals surface area (Å²) in [5, 5.41) is 4.97. The van der Waals surface area contributed by atoms with Gasteiger partial charge in [0.15, 0.2) is 0 Å². The monoisotopic (exact) mass is 535 g/mol. The molecule has 0 aliphatic carbocycles. The molecule has 0 saturated carbocycles. The minimum Gasteiger partial charge on any atom is -0.314 e. The van der Waals surface area contributed by atoms with Gasteiger partial charge in [-0.25, -0.2) is 4.98 Å². The maximum absolute atomic E-state index is 5.78. The lowest BCUT2D eigenvalue weighted by Gasteiger charge is -2.27. The standard InChI is InChI=1S/C33H35N3P2/c1-22-23(2)32-31(27(6)36(37)33(32)34-25(22)4)24(3)26(5)35-38(28-16-10-7-11-17-28,29-18-12-8-13-19-29)30-20-14-9-15-21-30/h7-21H,37H2,1-6H3/b26-24-. The molecule has 38 heavy (non-hydrogen) atoms. The lowest BCUT2D eigenvalue weighted by atomic mass is 9.97. The normalized spacial score (nSPS) is 12.5. The zero-order valence-electron chi connectivity index (χ0n) is 23.0. The molecule has 3 nitrogen and oxygen atoms in total. The third-order valence-corrected chi connectivity index (χ3v) is 12.2. The molecule has 0 fully saturated rings. The van der Waals surface area contributed by atoms with Gasteiger partial charge in [0, 0.05) is 43.9 Å². The molecule has 0 radical (unpaired) electrons. The van der Waals surface area contributed by atoms with Crippen LogP contribution in [0.3, 0.4) is 0 Å². The number of benzene rings is 3. The number of pyridine rings is 1. The number of fused-ring (bicyclic) bond motifs is 1. The summed E-state index contributed by atoms with van der Waals surface area (Å²) in [5.74, 6) is 0. The van der Waals surface area contributed by atoms with Crippen molar-refractivity contribution in [2.24, 2.45) is 4.74 Å². The van der Waals surface area contributed by atoms with Gasteiger partial charge in [-0.05, 0) is 67.6 Å². The van der Waals surface area contributed by atoms with Crippen LogP contribution in [0, 0.1) is 27.7 Å². The van der Waals surface area contributed by atoms with Crippen LogP contribution in [-0.2, 0) is 0 Å². The Morgan fingerprint density at radius 1 is 0.711 bits per heavy atom. The Labute approximate surface area is 229 Å². The topological polar surface area (TPSA) is 30.2 Å². The molecular weight excluding hydrogens is 500 g/mol. The van der Waals surface area contributed by atoms with Crippen molar-refractivity contribution in [3.63, 3.8) is 0 Å². The Bertz CT molecular complexity index is 1610. The average Bonchev–Trinajstić information content (AvgIpc) is 3.20. The van der Waals surface area contributed by atoms with Gasteiger partial charge >= 0.3 is 0 Å². The highest BCUT2D eigenvalue weighted by Crippen LogP contribution is 2.49. The van der Waals surface area contributed by atoms with Crippen LogP contribution in [0.1, 0.15) is 41.9 Å². The van der Waals surface area contributed by atoms with Gasteiger partial charge in [-0.1, -0.05) is 91.0 Å². The van der Waals surface area contributed by atoms with Crippen molar-refractivity contribution >= 4 is 49.0 Å². The largest absolute Gasteiger partial charge is 0.314 e. The lowest BCUT2D eigenvalue weighted by Crippen LogP contribution is -2.25. The second-order valence-electron chi connectivity index (χ2n) is 9.93. The first kappa shape index (κ1) is 26.4. The molecule has 0 N–H and O–H groups in total. The number of aryl methyl sites for hydroxylation is 2. The molecule has 3 aromatic carbocycles. The van der Waals surface area contributed by atoms with Gasteiger partial charge in [-0.3, -0.25) is 4.74 Å². The fourth-order valence-corrected chi connectivity index (χ4v) is 9.32. The predicted octanol–water partition coefficient (Wildman–Crippen LogP) is 7.84. The summed E-state index contributed by atoms with van der Waals surface area (Å²) < 4.78 is 7.92. The summed E-state index contributed by atoms with van der Waals surface area (Å²) in [5.41, 5.74) is 9.27. The summed E-state index contributed by atoms with van der Waals surface area (Å²) in [6, 6.07) is 32.4. The quantitative estimate of drug-likeness (QED) is 0.211. The van der Waals surface area contributed by atoms with E-state index in [-0.39, 0.29) is 0 Å². The molecule has 0 amide bonds. The first-order valence-electron chi connectivity index (χ1n) is 13.0. The molecule has 192 valence electrons. The summed E-state index contributed by atoms with van der Waals surface area (Å²) in [6.07, 6.45) is 0. The number of rotatable bonds is 5. The van der Waals surface area contributed by atoms with E-state index in [0.29, 0.717) is 0 Å². The molecule has 0 aliphatic rings. The third-order valence-electron chi connectivity index (χ3n) is 7.79. The van der Waals surface area contributed by atoms with Gasteiger partial charge in [-0.15, -0.1) is 0 Å². The van der Waals surface area contributed by atoms with E-state index in [1.165, 1.54) is 49.3 Å². The fraction of sp³-hybridized carbons (Fsp3) is 0.182. The van der Waals surface area contributed by atoms with E-state index in [1.54, 1.807) is 0 Å². The van der Waals surface area contributed by atoms with Crippen LogP contribution in [0.4, 0.5) is 0 Å². The average molecular weight is 536 g/mol. The minimum absolute atomic E-state index is 1.01. The zero-order valence-corrected chi connectivity index (χ0v) is 25.1. The van der Waals surface area contributed by atoms with Crippen molar-refractivity contribution in [3.8, 4) is 0 Å². The number of nitrogens with zero attached hydrogens (tertiary/aromatic N) is 3. The van der Waals surface area contributed by atoms with Crippen LogP contribution in [-0.4, -0.2) is 9.32 Å². The Morgan fingerprint density at radius 2 is 1.16 bits per heavy atom. The van der Waals surface area contributed by atoms with Crippen LogP contribution < -0.4 is 15.9 Å². The van der Waals surface area contributed by atoms with E-state index in [4.69, 9.17) is 9.73 Å². The number of hydrogen-bond acceptors (Lipinski definition) is 2. The summed E-state index contributed by atoms with van der Waals surface area (Å²) in [6.45, 7) is 13.1. The Balaban J connectivity index is 1.91. The molecule has 1 unspecified atom stereocenters. The second-order valence-corrected chi connectivity index (χ2v) is 13.5. The molecule has 2 aromatic heterocycles. The number of hydrogen-bond donors (Lipinski definition) is 0. The molecule has 0 saturated heterocycles. The van der Waals surface area contributed by atoms with E-state index in [2.05, 4.69) is 146 Å². The molecule has 5 rings (SSSR count).